The highest BCUT2D eigenvalue weighted by Gasteiger charge is 2.14. The van der Waals surface area contributed by atoms with Crippen LogP contribution in [0.5, 0.6) is 0 Å². The smallest absolute Gasteiger partial charge is 0.303 e. The lowest BCUT2D eigenvalue weighted by atomic mass is 10.0. The topological polar surface area (TPSA) is 108 Å². The quantitative estimate of drug-likeness (QED) is 0.634. The van der Waals surface area contributed by atoms with Crippen LogP contribution in [0.2, 0.25) is 0 Å². The molecule has 7 nitrogen and oxygen atoms in total. The van der Waals surface area contributed by atoms with E-state index in [9.17, 15) is 9.59 Å². The second-order valence-corrected chi connectivity index (χ2v) is 3.44. The highest BCUT2D eigenvalue weighted by molar-refractivity contribution is 5.91. The average molecular weight is 226 g/mol. The van der Waals surface area contributed by atoms with Gasteiger partial charge in [-0.1, -0.05) is 13.3 Å². The molecule has 3 N–H and O–H groups in total. The van der Waals surface area contributed by atoms with Crippen molar-refractivity contribution in [3.05, 3.63) is 11.9 Å². The maximum atomic E-state index is 11.4. The molecule has 0 spiro atoms. The van der Waals surface area contributed by atoms with Gasteiger partial charge in [0.1, 0.15) is 0 Å². The number of H-pyrrole nitrogens is 1. The number of carboxylic acids is 1. The molecule has 0 saturated carbocycles. The van der Waals surface area contributed by atoms with Gasteiger partial charge in [-0.15, -0.1) is 0 Å². The van der Waals surface area contributed by atoms with Gasteiger partial charge in [-0.25, -0.2) is 0 Å². The van der Waals surface area contributed by atoms with Gasteiger partial charge in [-0.05, 0) is 5.92 Å². The Kier molecular flexibility index (Phi) is 4.43. The van der Waals surface area contributed by atoms with Crippen molar-refractivity contribution in [2.45, 2.75) is 19.8 Å². The third kappa shape index (κ3) is 3.68. The van der Waals surface area contributed by atoms with Gasteiger partial charge in [0, 0.05) is 13.0 Å². The predicted molar refractivity (Wildman–Crippen MR) is 54.7 cm³/mol. The van der Waals surface area contributed by atoms with Gasteiger partial charge in [0.2, 0.25) is 0 Å². The Morgan fingerprint density at radius 3 is 2.88 bits per heavy atom. The zero-order valence-corrected chi connectivity index (χ0v) is 8.93. The number of aromatic amines is 1. The minimum atomic E-state index is -0.859. The molecule has 1 rings (SSSR count). The first-order valence-corrected chi connectivity index (χ1v) is 4.99. The molecule has 0 bridgehead atoms. The van der Waals surface area contributed by atoms with Crippen LogP contribution in [0.15, 0.2) is 6.20 Å². The van der Waals surface area contributed by atoms with E-state index in [1.165, 1.54) is 6.20 Å². The molecule has 88 valence electrons. The lowest BCUT2D eigenvalue weighted by Gasteiger charge is -2.12. The number of nitrogens with zero attached hydrogens (tertiary/aromatic N) is 2. The van der Waals surface area contributed by atoms with Crippen molar-refractivity contribution in [3.63, 3.8) is 0 Å². The molecular weight excluding hydrogens is 212 g/mol. The Morgan fingerprint density at radius 1 is 1.62 bits per heavy atom. The van der Waals surface area contributed by atoms with Gasteiger partial charge >= 0.3 is 5.97 Å². The van der Waals surface area contributed by atoms with Crippen LogP contribution in [0.4, 0.5) is 0 Å². The summed E-state index contributed by atoms with van der Waals surface area (Å²) in [6.45, 7) is 2.21. The first-order chi connectivity index (χ1) is 7.63. The molecule has 0 radical (unpaired) electrons. The fourth-order valence-corrected chi connectivity index (χ4v) is 1.25. The highest BCUT2D eigenvalue weighted by atomic mass is 16.4. The standard InChI is InChI=1S/C9H14N4O3/c1-2-6(3-8(14)15)4-10-9(16)7-5-11-13-12-7/h5-6H,2-4H2,1H3,(H,10,16)(H,14,15)(H,11,12,13). The number of carboxylic acid groups (broad SMARTS) is 1. The van der Waals surface area contributed by atoms with E-state index in [0.717, 1.165) is 0 Å². The monoisotopic (exact) mass is 226 g/mol. The lowest BCUT2D eigenvalue weighted by molar-refractivity contribution is -0.138. The van der Waals surface area contributed by atoms with Crippen LogP contribution in [0, 0.1) is 5.92 Å². The van der Waals surface area contributed by atoms with Crippen molar-refractivity contribution in [2.75, 3.05) is 6.54 Å². The number of carbonyl (C=O) groups excluding carboxylic acids is 1. The van der Waals surface area contributed by atoms with Crippen LogP contribution >= 0.6 is 0 Å². The van der Waals surface area contributed by atoms with E-state index in [2.05, 4.69) is 20.7 Å². The second-order valence-electron chi connectivity index (χ2n) is 3.44. The number of hydrogen-bond acceptors (Lipinski definition) is 4. The van der Waals surface area contributed by atoms with Crippen LogP contribution in [0.1, 0.15) is 30.3 Å². The summed E-state index contributed by atoms with van der Waals surface area (Å²) in [5.74, 6) is -1.27. The van der Waals surface area contributed by atoms with E-state index >= 15 is 0 Å². The Labute approximate surface area is 92.2 Å². The molecule has 0 aliphatic carbocycles. The number of amides is 1. The molecule has 7 heteroatoms. The predicted octanol–water partition coefficient (Wildman–Crippen LogP) is 0.0354. The lowest BCUT2D eigenvalue weighted by Crippen LogP contribution is -2.30. The Balaban J connectivity index is 2.38. The average Bonchev–Trinajstić information content (AvgIpc) is 2.76. The third-order valence-corrected chi connectivity index (χ3v) is 2.24. The van der Waals surface area contributed by atoms with Crippen molar-refractivity contribution >= 4 is 11.9 Å². The highest BCUT2D eigenvalue weighted by Crippen LogP contribution is 2.06. The van der Waals surface area contributed by atoms with Gasteiger partial charge in [-0.3, -0.25) is 9.59 Å². The molecule has 0 saturated heterocycles. The molecule has 0 aliphatic heterocycles. The summed E-state index contributed by atoms with van der Waals surface area (Å²) in [5, 5.41) is 20.7. The maximum Gasteiger partial charge on any atom is 0.303 e. The van der Waals surface area contributed by atoms with Gasteiger partial charge in [0.15, 0.2) is 5.69 Å². The molecule has 1 unspecified atom stereocenters. The summed E-state index contributed by atoms with van der Waals surface area (Å²) in [6, 6.07) is 0. The van der Waals surface area contributed by atoms with Gasteiger partial charge < -0.3 is 10.4 Å². The summed E-state index contributed by atoms with van der Waals surface area (Å²) >= 11 is 0. The van der Waals surface area contributed by atoms with E-state index in [-0.39, 0.29) is 23.9 Å². The molecular formula is C9H14N4O3. The van der Waals surface area contributed by atoms with Crippen LogP contribution in [-0.4, -0.2) is 38.9 Å². The van der Waals surface area contributed by atoms with Crippen molar-refractivity contribution in [3.8, 4) is 0 Å². The second kappa shape index (κ2) is 5.84. The van der Waals surface area contributed by atoms with Crippen molar-refractivity contribution in [2.24, 2.45) is 5.92 Å². The Morgan fingerprint density at radius 2 is 2.38 bits per heavy atom. The normalized spacial score (nSPS) is 12.1. The van der Waals surface area contributed by atoms with Crippen molar-refractivity contribution in [1.29, 1.82) is 0 Å². The van der Waals surface area contributed by atoms with Crippen LogP contribution in [0.3, 0.4) is 0 Å². The zero-order valence-electron chi connectivity index (χ0n) is 8.93. The molecule has 1 aromatic rings. The number of aliphatic carboxylic acids is 1. The van der Waals surface area contributed by atoms with Gasteiger partial charge in [-0.2, -0.15) is 15.4 Å². The number of nitrogens with one attached hydrogen (secondary N) is 2. The summed E-state index contributed by atoms with van der Waals surface area (Å²) in [5.41, 5.74) is 0.199. The largest absolute Gasteiger partial charge is 0.481 e. The fraction of sp³-hybridized carbons (Fsp3) is 0.556. The number of rotatable bonds is 6. The third-order valence-electron chi connectivity index (χ3n) is 2.24. The van der Waals surface area contributed by atoms with Crippen LogP contribution in [0.25, 0.3) is 0 Å². The summed E-state index contributed by atoms with van der Waals surface area (Å²) in [4.78, 5) is 21.9. The van der Waals surface area contributed by atoms with Crippen molar-refractivity contribution in [1.82, 2.24) is 20.7 Å². The van der Waals surface area contributed by atoms with E-state index in [4.69, 9.17) is 5.11 Å². The maximum absolute atomic E-state index is 11.4. The van der Waals surface area contributed by atoms with Crippen molar-refractivity contribution < 1.29 is 14.7 Å². The Hall–Kier alpha value is -1.92. The van der Waals surface area contributed by atoms with Crippen LogP contribution < -0.4 is 5.32 Å². The first kappa shape index (κ1) is 12.2. The van der Waals surface area contributed by atoms with Gasteiger partial charge in [0.25, 0.3) is 5.91 Å². The summed E-state index contributed by atoms with van der Waals surface area (Å²) < 4.78 is 0. The molecule has 1 aromatic heterocycles. The van der Waals surface area contributed by atoms with E-state index < -0.39 is 5.97 Å². The number of aromatic nitrogens is 3. The van der Waals surface area contributed by atoms with Crippen LogP contribution in [-0.2, 0) is 4.79 Å². The molecule has 0 fully saturated rings. The number of hydrogen-bond donors (Lipinski definition) is 3. The Bertz CT molecular complexity index is 350. The summed E-state index contributed by atoms with van der Waals surface area (Å²) in [6.07, 6.45) is 2.06. The minimum Gasteiger partial charge on any atom is -0.481 e. The minimum absolute atomic E-state index is 0.0512. The molecule has 0 aromatic carbocycles. The molecule has 1 heterocycles. The molecule has 1 amide bonds. The first-order valence-electron chi connectivity index (χ1n) is 4.99. The van der Waals surface area contributed by atoms with Gasteiger partial charge in [0.05, 0.1) is 6.20 Å². The van der Waals surface area contributed by atoms with E-state index in [0.29, 0.717) is 13.0 Å². The molecule has 0 aliphatic rings. The number of carbonyl (C=O) groups is 2. The SMILES string of the molecule is CCC(CNC(=O)c1cn[nH]n1)CC(=O)O. The fourth-order valence-electron chi connectivity index (χ4n) is 1.25. The molecule has 16 heavy (non-hydrogen) atoms. The zero-order chi connectivity index (χ0) is 12.0. The summed E-state index contributed by atoms with van der Waals surface area (Å²) in [7, 11) is 0. The van der Waals surface area contributed by atoms with E-state index in [1.807, 2.05) is 6.92 Å². The molecule has 1 atom stereocenters. The van der Waals surface area contributed by atoms with E-state index in [1.54, 1.807) is 0 Å².